The molecular formula is C20H29ClFNO5. The Morgan fingerprint density at radius 3 is 2.21 bits per heavy atom. The molecule has 0 saturated heterocycles. The summed E-state index contributed by atoms with van der Waals surface area (Å²) in [5.74, 6) is -0.958. The maximum absolute atomic E-state index is 13.5. The van der Waals surface area contributed by atoms with Crippen molar-refractivity contribution in [1.82, 2.24) is 5.32 Å². The molecule has 0 spiro atoms. The maximum Gasteiger partial charge on any atom is 0.408 e. The zero-order valence-electron chi connectivity index (χ0n) is 17.3. The lowest BCUT2D eigenvalue weighted by atomic mass is 10.0. The molecule has 1 amide bonds. The predicted octanol–water partition coefficient (Wildman–Crippen LogP) is 4.73. The quantitative estimate of drug-likeness (QED) is 0.649. The fourth-order valence-corrected chi connectivity index (χ4v) is 2.64. The minimum atomic E-state index is -0.909. The molecule has 6 nitrogen and oxygen atoms in total. The van der Waals surface area contributed by atoms with Crippen LogP contribution in [0.3, 0.4) is 0 Å². The molecule has 0 aliphatic heterocycles. The molecule has 0 aliphatic carbocycles. The number of rotatable bonds is 7. The first-order valence-corrected chi connectivity index (χ1v) is 9.49. The number of hydrogen-bond donors (Lipinski definition) is 1. The number of hydrogen-bond acceptors (Lipinski definition) is 5. The Morgan fingerprint density at radius 1 is 1.11 bits per heavy atom. The van der Waals surface area contributed by atoms with Crippen LogP contribution in [0, 0.1) is 11.7 Å². The van der Waals surface area contributed by atoms with Crippen molar-refractivity contribution < 1.29 is 28.2 Å². The third kappa shape index (κ3) is 8.33. The zero-order valence-corrected chi connectivity index (χ0v) is 18.1. The van der Waals surface area contributed by atoms with Gasteiger partial charge in [-0.3, -0.25) is 0 Å². The molecule has 1 aromatic rings. The monoisotopic (exact) mass is 417 g/mol. The minimum Gasteiger partial charge on any atom is -0.486 e. The number of nitrogens with one attached hydrogen (secondary N) is 1. The largest absolute Gasteiger partial charge is 0.486 e. The summed E-state index contributed by atoms with van der Waals surface area (Å²) in [7, 11) is 0. The number of carbonyl (C=O) groups excluding carboxylic acids is 2. The third-order valence-electron chi connectivity index (χ3n) is 3.62. The van der Waals surface area contributed by atoms with Gasteiger partial charge in [0, 0.05) is 11.1 Å². The summed E-state index contributed by atoms with van der Waals surface area (Å²) >= 11 is 5.86. The van der Waals surface area contributed by atoms with Gasteiger partial charge in [0.15, 0.2) is 0 Å². The molecule has 0 aliphatic rings. The van der Waals surface area contributed by atoms with E-state index in [1.54, 1.807) is 27.7 Å². The molecule has 0 bridgehead atoms. The topological polar surface area (TPSA) is 73.9 Å². The van der Waals surface area contributed by atoms with Gasteiger partial charge in [0.1, 0.15) is 35.4 Å². The summed E-state index contributed by atoms with van der Waals surface area (Å²) < 4.78 is 29.9. The second kappa shape index (κ2) is 9.96. The van der Waals surface area contributed by atoms with Gasteiger partial charge in [-0.05, 0) is 52.7 Å². The third-order valence-corrected chi connectivity index (χ3v) is 3.84. The lowest BCUT2D eigenvalue weighted by Crippen LogP contribution is -2.45. The SMILES string of the molecule is CC(C)[C@@H](Oc1cc(F)cc(Cl)c1)[C@H](C)OC(=O)[C@H](C)NC(=O)OC(C)(C)C. The van der Waals surface area contributed by atoms with Crippen molar-refractivity contribution in [3.05, 3.63) is 29.0 Å². The second-order valence-electron chi connectivity index (χ2n) is 7.94. The number of benzene rings is 1. The van der Waals surface area contributed by atoms with E-state index in [0.29, 0.717) is 0 Å². The molecule has 3 atom stereocenters. The number of esters is 1. The first-order chi connectivity index (χ1) is 12.8. The highest BCUT2D eigenvalue weighted by Crippen LogP contribution is 2.24. The van der Waals surface area contributed by atoms with Crippen LogP contribution in [0.1, 0.15) is 48.5 Å². The average Bonchev–Trinajstić information content (AvgIpc) is 2.49. The first-order valence-electron chi connectivity index (χ1n) is 9.11. The van der Waals surface area contributed by atoms with Crippen molar-refractivity contribution >= 4 is 23.7 Å². The number of carbonyl (C=O) groups is 2. The molecule has 0 heterocycles. The Balaban J connectivity index is 2.73. The Labute approximate surface area is 170 Å². The van der Waals surface area contributed by atoms with E-state index in [2.05, 4.69) is 5.32 Å². The van der Waals surface area contributed by atoms with Crippen LogP contribution in [0.25, 0.3) is 0 Å². The fraction of sp³-hybridized carbons (Fsp3) is 0.600. The van der Waals surface area contributed by atoms with E-state index < -0.39 is 41.7 Å². The van der Waals surface area contributed by atoms with Gasteiger partial charge in [-0.25, -0.2) is 14.0 Å². The summed E-state index contributed by atoms with van der Waals surface area (Å²) in [5.41, 5.74) is -0.677. The Bertz CT molecular complexity index is 669. The average molecular weight is 418 g/mol. The van der Waals surface area contributed by atoms with Gasteiger partial charge in [0.25, 0.3) is 0 Å². The highest BCUT2D eigenvalue weighted by atomic mass is 35.5. The van der Waals surface area contributed by atoms with Gasteiger partial charge >= 0.3 is 12.1 Å². The Hall–Kier alpha value is -2.02. The molecule has 0 saturated carbocycles. The fourth-order valence-electron chi connectivity index (χ4n) is 2.42. The molecule has 1 rings (SSSR count). The molecular weight excluding hydrogens is 389 g/mol. The molecule has 0 aromatic heterocycles. The van der Waals surface area contributed by atoms with E-state index in [0.717, 1.165) is 0 Å². The van der Waals surface area contributed by atoms with Gasteiger partial charge in [-0.2, -0.15) is 0 Å². The van der Waals surface area contributed by atoms with E-state index in [-0.39, 0.29) is 16.7 Å². The number of halogens is 2. The van der Waals surface area contributed by atoms with Crippen molar-refractivity contribution in [2.24, 2.45) is 5.92 Å². The van der Waals surface area contributed by atoms with Crippen molar-refractivity contribution in [2.75, 3.05) is 0 Å². The van der Waals surface area contributed by atoms with Crippen molar-refractivity contribution in [2.45, 2.75) is 72.3 Å². The van der Waals surface area contributed by atoms with Crippen molar-refractivity contribution in [3.63, 3.8) is 0 Å². The standard InChI is InChI=1S/C20H29ClFNO5/c1-11(2)17(27-16-9-14(21)8-15(22)10-16)13(4)26-18(24)12(3)23-19(25)28-20(5,6)7/h8-13,17H,1-7H3,(H,23,25)/t12-,13-,17+/m0/s1. The highest BCUT2D eigenvalue weighted by Gasteiger charge is 2.29. The van der Waals surface area contributed by atoms with Gasteiger partial charge in [0.2, 0.25) is 0 Å². The van der Waals surface area contributed by atoms with Crippen LogP contribution in [0.4, 0.5) is 9.18 Å². The number of amides is 1. The van der Waals surface area contributed by atoms with Gasteiger partial charge in [-0.1, -0.05) is 25.4 Å². The minimum absolute atomic E-state index is 0.0426. The molecule has 1 aromatic carbocycles. The van der Waals surface area contributed by atoms with Crippen LogP contribution in [-0.4, -0.2) is 35.9 Å². The lowest BCUT2D eigenvalue weighted by Gasteiger charge is -2.29. The van der Waals surface area contributed by atoms with E-state index in [1.165, 1.54) is 25.1 Å². The van der Waals surface area contributed by atoms with E-state index in [1.807, 2.05) is 13.8 Å². The number of alkyl carbamates (subject to hydrolysis) is 1. The van der Waals surface area contributed by atoms with Crippen molar-refractivity contribution in [1.29, 1.82) is 0 Å². The molecule has 0 fully saturated rings. The van der Waals surface area contributed by atoms with Crippen LogP contribution >= 0.6 is 11.6 Å². The Morgan fingerprint density at radius 2 is 1.71 bits per heavy atom. The predicted molar refractivity (Wildman–Crippen MR) is 105 cm³/mol. The summed E-state index contributed by atoms with van der Waals surface area (Å²) in [6.45, 7) is 12.1. The van der Waals surface area contributed by atoms with Crippen LogP contribution < -0.4 is 10.1 Å². The molecule has 0 radical (unpaired) electrons. The van der Waals surface area contributed by atoms with Gasteiger partial charge < -0.3 is 19.5 Å². The normalized spacial score (nSPS) is 14.8. The van der Waals surface area contributed by atoms with Gasteiger partial charge in [0.05, 0.1) is 0 Å². The van der Waals surface area contributed by atoms with E-state index in [4.69, 9.17) is 25.8 Å². The van der Waals surface area contributed by atoms with Crippen LogP contribution in [0.15, 0.2) is 18.2 Å². The molecule has 1 N–H and O–H groups in total. The summed E-state index contributed by atoms with van der Waals surface area (Å²) in [4.78, 5) is 24.1. The van der Waals surface area contributed by atoms with Crippen LogP contribution in [-0.2, 0) is 14.3 Å². The molecule has 0 unspecified atom stereocenters. The van der Waals surface area contributed by atoms with Gasteiger partial charge in [-0.15, -0.1) is 0 Å². The molecule has 8 heteroatoms. The summed E-state index contributed by atoms with van der Waals surface area (Å²) in [6.07, 6.45) is -1.91. The summed E-state index contributed by atoms with van der Waals surface area (Å²) in [6, 6.07) is 2.96. The first kappa shape index (κ1) is 24.0. The molecule has 158 valence electrons. The highest BCUT2D eigenvalue weighted by molar-refractivity contribution is 6.30. The maximum atomic E-state index is 13.5. The molecule has 28 heavy (non-hydrogen) atoms. The smallest absolute Gasteiger partial charge is 0.408 e. The van der Waals surface area contributed by atoms with Crippen LogP contribution in [0.5, 0.6) is 5.75 Å². The summed E-state index contributed by atoms with van der Waals surface area (Å²) in [5, 5.41) is 2.64. The van der Waals surface area contributed by atoms with E-state index >= 15 is 0 Å². The zero-order chi connectivity index (χ0) is 21.6. The van der Waals surface area contributed by atoms with E-state index in [9.17, 15) is 14.0 Å². The lowest BCUT2D eigenvalue weighted by molar-refractivity contribution is -0.156. The number of ether oxygens (including phenoxy) is 3. The van der Waals surface area contributed by atoms with Crippen molar-refractivity contribution in [3.8, 4) is 5.75 Å². The van der Waals surface area contributed by atoms with Crippen LogP contribution in [0.2, 0.25) is 5.02 Å². The Kier molecular flexibility index (Phi) is 8.54. The second-order valence-corrected chi connectivity index (χ2v) is 8.38.